The normalized spacial score (nSPS) is 10.6. The van der Waals surface area contributed by atoms with E-state index in [1.54, 1.807) is 19.2 Å². The quantitative estimate of drug-likeness (QED) is 0.286. The molecule has 0 aromatic heterocycles. The molecular formula is C14H21BrN2O4. The summed E-state index contributed by atoms with van der Waals surface area (Å²) in [6.45, 7) is 2.90. The van der Waals surface area contributed by atoms with E-state index >= 15 is 0 Å². The first-order valence-corrected chi connectivity index (χ1v) is 7.42. The predicted octanol–water partition coefficient (Wildman–Crippen LogP) is 1.62. The van der Waals surface area contributed by atoms with Crippen molar-refractivity contribution in [3.05, 3.63) is 33.8 Å². The van der Waals surface area contributed by atoms with Crippen LogP contribution in [0, 0.1) is 0 Å². The summed E-state index contributed by atoms with van der Waals surface area (Å²) < 4.78 is 16.6. The second kappa shape index (κ2) is 10.7. The van der Waals surface area contributed by atoms with Gasteiger partial charge in [0.25, 0.3) is 5.91 Å². The number of rotatable bonds is 10. The fourth-order valence-electron chi connectivity index (χ4n) is 1.60. The van der Waals surface area contributed by atoms with E-state index in [1.165, 1.54) is 0 Å². The highest BCUT2D eigenvalue weighted by atomic mass is 79.9. The number of amides is 1. The molecular weight excluding hydrogens is 340 g/mol. The molecule has 0 bridgehead atoms. The van der Waals surface area contributed by atoms with Crippen molar-refractivity contribution in [3.8, 4) is 0 Å². The van der Waals surface area contributed by atoms with Crippen LogP contribution in [0.4, 0.5) is 0 Å². The Morgan fingerprint density at radius 3 is 2.67 bits per heavy atom. The van der Waals surface area contributed by atoms with E-state index in [9.17, 15) is 4.79 Å². The number of carbonyl (C=O) groups excluding carboxylic acids is 1. The average molecular weight is 361 g/mol. The minimum atomic E-state index is -0.326. The Kier molecular flexibility index (Phi) is 9.20. The number of nitrogens with one attached hydrogen (secondary N) is 1. The molecule has 0 atom stereocenters. The average Bonchev–Trinajstić information content (AvgIpc) is 2.50. The number of hydrogen-bond donors (Lipinski definition) is 2. The molecule has 0 saturated carbocycles. The Labute approximate surface area is 133 Å². The van der Waals surface area contributed by atoms with Crippen molar-refractivity contribution in [2.75, 3.05) is 33.5 Å². The van der Waals surface area contributed by atoms with Crippen molar-refractivity contribution in [3.63, 3.8) is 0 Å². The molecule has 1 rings (SSSR count). The fourth-order valence-corrected chi connectivity index (χ4v) is 2.09. The molecule has 0 saturated heterocycles. The summed E-state index contributed by atoms with van der Waals surface area (Å²) in [7, 11) is 1.67. The van der Waals surface area contributed by atoms with Gasteiger partial charge in [-0.15, -0.1) is 0 Å². The topological polar surface area (TPSA) is 82.8 Å². The number of methoxy groups -OCH3 is 1. The van der Waals surface area contributed by atoms with E-state index < -0.39 is 0 Å². The summed E-state index contributed by atoms with van der Waals surface area (Å²) in [5, 5.41) is 0. The smallest absolute Gasteiger partial charge is 0.265 e. The minimum Gasteiger partial charge on any atom is -0.385 e. The molecule has 0 heterocycles. The second-order valence-corrected chi connectivity index (χ2v) is 5.15. The van der Waals surface area contributed by atoms with Gasteiger partial charge in [0, 0.05) is 30.4 Å². The van der Waals surface area contributed by atoms with Gasteiger partial charge in [0.1, 0.15) is 0 Å². The van der Waals surface area contributed by atoms with E-state index in [2.05, 4.69) is 21.4 Å². The van der Waals surface area contributed by atoms with E-state index in [1.807, 2.05) is 6.07 Å². The number of nitrogens with two attached hydrogens (primary N) is 1. The van der Waals surface area contributed by atoms with E-state index in [4.69, 9.17) is 20.1 Å². The van der Waals surface area contributed by atoms with E-state index in [0.29, 0.717) is 38.6 Å². The molecule has 0 aliphatic carbocycles. The number of carbonyl (C=O) groups is 1. The third-order valence-electron chi connectivity index (χ3n) is 2.71. The lowest BCUT2D eigenvalue weighted by molar-refractivity contribution is 0.0335. The first kappa shape index (κ1) is 18.1. The number of ether oxygens (including phenoxy) is 3. The summed E-state index contributed by atoms with van der Waals surface area (Å²) >= 11 is 3.41. The first-order chi connectivity index (χ1) is 10.2. The van der Waals surface area contributed by atoms with Gasteiger partial charge in [0.15, 0.2) is 0 Å². The van der Waals surface area contributed by atoms with Gasteiger partial charge in [-0.05, 0) is 24.1 Å². The maximum atomic E-state index is 11.4. The van der Waals surface area contributed by atoms with Crippen LogP contribution in [-0.4, -0.2) is 39.4 Å². The second-order valence-electron chi connectivity index (χ2n) is 4.29. The fraction of sp³-hybridized carbons (Fsp3) is 0.500. The van der Waals surface area contributed by atoms with Gasteiger partial charge in [0.2, 0.25) is 0 Å². The summed E-state index contributed by atoms with van der Waals surface area (Å²) in [5.74, 6) is 4.76. The summed E-state index contributed by atoms with van der Waals surface area (Å²) in [6.07, 6.45) is 0.882. The van der Waals surface area contributed by atoms with Crippen LogP contribution in [0.15, 0.2) is 22.7 Å². The summed E-state index contributed by atoms with van der Waals surface area (Å²) in [4.78, 5) is 11.4. The number of hydrogen-bond acceptors (Lipinski definition) is 5. The number of nitrogen functional groups attached to an aromatic ring is 1. The maximum Gasteiger partial charge on any atom is 0.265 e. The monoisotopic (exact) mass is 360 g/mol. The van der Waals surface area contributed by atoms with Crippen molar-refractivity contribution < 1.29 is 19.0 Å². The van der Waals surface area contributed by atoms with Gasteiger partial charge in [-0.25, -0.2) is 5.84 Å². The van der Waals surface area contributed by atoms with Crippen molar-refractivity contribution in [2.45, 2.75) is 13.0 Å². The number of benzene rings is 1. The third-order valence-corrected chi connectivity index (χ3v) is 3.45. The Balaban J connectivity index is 2.25. The Morgan fingerprint density at radius 1 is 1.24 bits per heavy atom. The summed E-state index contributed by atoms with van der Waals surface area (Å²) in [5.41, 5.74) is 3.55. The molecule has 118 valence electrons. The van der Waals surface area contributed by atoms with Crippen molar-refractivity contribution in [1.29, 1.82) is 0 Å². The van der Waals surface area contributed by atoms with Crippen LogP contribution in [-0.2, 0) is 20.8 Å². The van der Waals surface area contributed by atoms with Gasteiger partial charge in [0.05, 0.1) is 19.8 Å². The highest BCUT2D eigenvalue weighted by Crippen LogP contribution is 2.19. The van der Waals surface area contributed by atoms with Crippen LogP contribution < -0.4 is 11.3 Å². The molecule has 1 aromatic rings. The number of hydrazine groups is 1. The molecule has 0 unspecified atom stereocenters. The van der Waals surface area contributed by atoms with Gasteiger partial charge in [-0.2, -0.15) is 0 Å². The zero-order valence-corrected chi connectivity index (χ0v) is 13.6. The van der Waals surface area contributed by atoms with Crippen LogP contribution in [0.2, 0.25) is 0 Å². The lowest BCUT2D eigenvalue weighted by Gasteiger charge is -2.08. The molecule has 1 aromatic carbocycles. The van der Waals surface area contributed by atoms with Crippen LogP contribution in [0.3, 0.4) is 0 Å². The van der Waals surface area contributed by atoms with Crippen LogP contribution >= 0.6 is 15.9 Å². The first-order valence-electron chi connectivity index (χ1n) is 6.62. The third kappa shape index (κ3) is 7.01. The Hall–Kier alpha value is -0.990. The Bertz CT molecular complexity index is 443. The highest BCUT2D eigenvalue weighted by Gasteiger charge is 2.07. The van der Waals surface area contributed by atoms with Gasteiger partial charge < -0.3 is 14.2 Å². The molecule has 1 amide bonds. The molecule has 6 nitrogen and oxygen atoms in total. The molecule has 0 fully saturated rings. The standard InChI is InChI=1S/C14H21BrN2O4/c1-19-5-2-6-20-7-8-21-10-12-4-3-11(9-13(12)15)14(18)17-16/h3-4,9H,2,5-8,10,16H2,1H3,(H,17,18). The number of halogens is 1. The van der Waals surface area contributed by atoms with Crippen LogP contribution in [0.25, 0.3) is 0 Å². The van der Waals surface area contributed by atoms with E-state index in [-0.39, 0.29) is 5.91 Å². The predicted molar refractivity (Wildman–Crippen MR) is 82.8 cm³/mol. The largest absolute Gasteiger partial charge is 0.385 e. The zero-order chi connectivity index (χ0) is 15.5. The van der Waals surface area contributed by atoms with Crippen molar-refractivity contribution in [1.82, 2.24) is 5.43 Å². The maximum absolute atomic E-state index is 11.4. The summed E-state index contributed by atoms with van der Waals surface area (Å²) in [6, 6.07) is 5.24. The van der Waals surface area contributed by atoms with Gasteiger partial charge in [-0.3, -0.25) is 10.2 Å². The molecule has 0 aliphatic rings. The van der Waals surface area contributed by atoms with Gasteiger partial charge >= 0.3 is 0 Å². The molecule has 0 radical (unpaired) electrons. The Morgan fingerprint density at radius 2 is 2.00 bits per heavy atom. The SMILES string of the molecule is COCCCOCCOCc1ccc(C(=O)NN)cc1Br. The molecule has 3 N–H and O–H groups in total. The lowest BCUT2D eigenvalue weighted by atomic mass is 10.1. The minimum absolute atomic E-state index is 0.326. The van der Waals surface area contributed by atoms with E-state index in [0.717, 1.165) is 16.5 Å². The van der Waals surface area contributed by atoms with Crippen LogP contribution in [0.1, 0.15) is 22.3 Å². The highest BCUT2D eigenvalue weighted by molar-refractivity contribution is 9.10. The van der Waals surface area contributed by atoms with Gasteiger partial charge in [-0.1, -0.05) is 22.0 Å². The van der Waals surface area contributed by atoms with Crippen LogP contribution in [0.5, 0.6) is 0 Å². The molecule has 7 heteroatoms. The molecule has 0 aliphatic heterocycles. The van der Waals surface area contributed by atoms with Crippen molar-refractivity contribution in [2.24, 2.45) is 5.84 Å². The zero-order valence-electron chi connectivity index (χ0n) is 12.1. The molecule has 0 spiro atoms. The lowest BCUT2D eigenvalue weighted by Crippen LogP contribution is -2.29. The molecule has 21 heavy (non-hydrogen) atoms. The van der Waals surface area contributed by atoms with Crippen molar-refractivity contribution >= 4 is 21.8 Å².